The van der Waals surface area contributed by atoms with E-state index in [0.717, 1.165) is 28.2 Å². The molecule has 4 rings (SSSR count). The average Bonchev–Trinajstić information content (AvgIpc) is 2.80. The number of hydrogen-bond acceptors (Lipinski definition) is 5. The van der Waals surface area contributed by atoms with Gasteiger partial charge in [-0.3, -0.25) is 4.99 Å². The quantitative estimate of drug-likeness (QED) is 0.873. The van der Waals surface area contributed by atoms with Gasteiger partial charge >= 0.3 is 5.97 Å². The second-order valence-electron chi connectivity index (χ2n) is 5.18. The Morgan fingerprint density at radius 1 is 1.36 bits per heavy atom. The number of nitrogens with zero attached hydrogens (tertiary/aromatic N) is 4. The van der Waals surface area contributed by atoms with E-state index in [0.29, 0.717) is 12.4 Å². The van der Waals surface area contributed by atoms with Crippen LogP contribution in [0.1, 0.15) is 22.8 Å². The lowest BCUT2D eigenvalue weighted by Crippen LogP contribution is -2.22. The maximum Gasteiger partial charge on any atom is 0.337 e. The van der Waals surface area contributed by atoms with E-state index in [2.05, 4.69) is 15.0 Å². The van der Waals surface area contributed by atoms with Crippen LogP contribution in [0, 0.1) is 0 Å². The van der Waals surface area contributed by atoms with Crippen LogP contribution in [-0.2, 0) is 0 Å². The summed E-state index contributed by atoms with van der Waals surface area (Å²) in [6, 6.07) is 5.24. The number of aliphatic imine (C=N–C) groups is 1. The molecule has 1 aromatic heterocycles. The molecule has 0 fully saturated rings. The molecular formula is C16H12N4O2. The number of benzene rings is 1. The van der Waals surface area contributed by atoms with Crippen molar-refractivity contribution < 1.29 is 9.90 Å². The van der Waals surface area contributed by atoms with E-state index in [1.54, 1.807) is 18.3 Å². The molecule has 0 saturated carbocycles. The summed E-state index contributed by atoms with van der Waals surface area (Å²) in [4.78, 5) is 26.4. The predicted octanol–water partition coefficient (Wildman–Crippen LogP) is 2.43. The van der Waals surface area contributed by atoms with Crippen molar-refractivity contribution in [3.05, 3.63) is 47.5 Å². The molecular weight excluding hydrogens is 280 g/mol. The van der Waals surface area contributed by atoms with E-state index in [-0.39, 0.29) is 5.56 Å². The summed E-state index contributed by atoms with van der Waals surface area (Å²) < 4.78 is 0. The van der Waals surface area contributed by atoms with Crippen molar-refractivity contribution in [2.45, 2.75) is 6.92 Å². The van der Waals surface area contributed by atoms with Crippen LogP contribution in [-0.4, -0.2) is 33.4 Å². The molecule has 0 unspecified atom stereocenters. The summed E-state index contributed by atoms with van der Waals surface area (Å²) in [5.74, 6) is -0.960. The normalized spacial score (nSPS) is 15.2. The SMILES string of the molecule is CC1=NCN2C1=Cc1cncnc1-c1cccc(C(=O)O)c12. The third kappa shape index (κ3) is 1.67. The van der Waals surface area contributed by atoms with Crippen molar-refractivity contribution in [1.82, 2.24) is 9.97 Å². The second kappa shape index (κ2) is 4.49. The zero-order valence-corrected chi connectivity index (χ0v) is 11.8. The lowest BCUT2D eigenvalue weighted by molar-refractivity contribution is 0.0697. The van der Waals surface area contributed by atoms with Crippen LogP contribution in [0.3, 0.4) is 0 Å². The number of carboxylic acids is 1. The van der Waals surface area contributed by atoms with E-state index >= 15 is 0 Å². The highest BCUT2D eigenvalue weighted by Crippen LogP contribution is 2.41. The minimum atomic E-state index is -0.960. The molecule has 0 aliphatic carbocycles. The Labute approximate surface area is 126 Å². The zero-order chi connectivity index (χ0) is 15.3. The minimum absolute atomic E-state index is 0.250. The molecule has 22 heavy (non-hydrogen) atoms. The first kappa shape index (κ1) is 12.7. The number of fused-ring (bicyclic) bond motifs is 5. The molecule has 108 valence electrons. The standard InChI is InChI=1S/C16H12N4O2/c1-9-13-5-10-6-17-7-18-14(10)11-3-2-4-12(16(21)22)15(11)20(13)8-19-9/h2-7H,8H2,1H3,(H,21,22). The van der Waals surface area contributed by atoms with Gasteiger partial charge in [-0.1, -0.05) is 12.1 Å². The third-order valence-corrected chi connectivity index (χ3v) is 3.94. The molecule has 1 N–H and O–H groups in total. The molecule has 2 aliphatic rings. The molecule has 2 aromatic rings. The van der Waals surface area contributed by atoms with Gasteiger partial charge < -0.3 is 10.0 Å². The third-order valence-electron chi connectivity index (χ3n) is 3.94. The summed E-state index contributed by atoms with van der Waals surface area (Å²) in [6.07, 6.45) is 5.18. The van der Waals surface area contributed by atoms with E-state index in [9.17, 15) is 9.90 Å². The Kier molecular flexibility index (Phi) is 2.59. The van der Waals surface area contributed by atoms with Gasteiger partial charge in [0.2, 0.25) is 0 Å². The summed E-state index contributed by atoms with van der Waals surface area (Å²) in [6.45, 7) is 2.33. The van der Waals surface area contributed by atoms with E-state index in [4.69, 9.17) is 0 Å². The Hall–Kier alpha value is -3.02. The van der Waals surface area contributed by atoms with Crippen molar-refractivity contribution in [3.8, 4) is 11.3 Å². The van der Waals surface area contributed by atoms with Crippen LogP contribution in [0.2, 0.25) is 0 Å². The number of para-hydroxylation sites is 1. The molecule has 3 heterocycles. The number of aromatic nitrogens is 2. The van der Waals surface area contributed by atoms with Gasteiger partial charge in [0.05, 0.1) is 28.4 Å². The van der Waals surface area contributed by atoms with Crippen LogP contribution in [0.5, 0.6) is 0 Å². The summed E-state index contributed by atoms with van der Waals surface area (Å²) in [5.41, 5.74) is 5.04. The number of carboxylic acid groups (broad SMARTS) is 1. The Balaban J connectivity index is 2.11. The van der Waals surface area contributed by atoms with Crippen molar-refractivity contribution in [3.63, 3.8) is 0 Å². The van der Waals surface area contributed by atoms with Crippen molar-refractivity contribution in [2.75, 3.05) is 11.6 Å². The molecule has 0 atom stereocenters. The Bertz CT molecular complexity index is 870. The number of carbonyl (C=O) groups is 1. The second-order valence-corrected chi connectivity index (χ2v) is 5.18. The number of allylic oxidation sites excluding steroid dienone is 1. The fourth-order valence-corrected chi connectivity index (χ4v) is 2.92. The minimum Gasteiger partial charge on any atom is -0.478 e. The molecule has 6 heteroatoms. The average molecular weight is 292 g/mol. The molecule has 0 saturated heterocycles. The van der Waals surface area contributed by atoms with Crippen LogP contribution in [0.25, 0.3) is 17.3 Å². The molecule has 0 amide bonds. The van der Waals surface area contributed by atoms with Gasteiger partial charge in [-0.25, -0.2) is 14.8 Å². The Morgan fingerprint density at radius 2 is 2.23 bits per heavy atom. The van der Waals surface area contributed by atoms with Crippen molar-refractivity contribution >= 4 is 23.4 Å². The van der Waals surface area contributed by atoms with E-state index in [1.165, 1.54) is 6.33 Å². The fourth-order valence-electron chi connectivity index (χ4n) is 2.92. The lowest BCUT2D eigenvalue weighted by Gasteiger charge is -2.22. The maximum atomic E-state index is 11.7. The highest BCUT2D eigenvalue weighted by atomic mass is 16.4. The van der Waals surface area contributed by atoms with Gasteiger partial charge in [-0.2, -0.15) is 0 Å². The molecule has 0 radical (unpaired) electrons. The number of rotatable bonds is 1. The van der Waals surface area contributed by atoms with Gasteiger partial charge in [0.15, 0.2) is 0 Å². The first-order chi connectivity index (χ1) is 10.7. The van der Waals surface area contributed by atoms with Gasteiger partial charge in [0, 0.05) is 17.3 Å². The zero-order valence-electron chi connectivity index (χ0n) is 11.8. The van der Waals surface area contributed by atoms with Crippen LogP contribution >= 0.6 is 0 Å². The predicted molar refractivity (Wildman–Crippen MR) is 82.9 cm³/mol. The van der Waals surface area contributed by atoms with Gasteiger partial charge in [-0.05, 0) is 19.1 Å². The first-order valence-electron chi connectivity index (χ1n) is 6.84. The first-order valence-corrected chi connectivity index (χ1v) is 6.84. The smallest absolute Gasteiger partial charge is 0.337 e. The summed E-state index contributed by atoms with van der Waals surface area (Å²) >= 11 is 0. The Morgan fingerprint density at radius 3 is 3.05 bits per heavy atom. The van der Waals surface area contributed by atoms with Gasteiger partial charge in [0.25, 0.3) is 0 Å². The highest BCUT2D eigenvalue weighted by Gasteiger charge is 2.30. The van der Waals surface area contributed by atoms with Crippen LogP contribution < -0.4 is 4.90 Å². The molecule has 0 bridgehead atoms. The van der Waals surface area contributed by atoms with Gasteiger partial charge in [0.1, 0.15) is 13.0 Å². The molecule has 0 spiro atoms. The largest absolute Gasteiger partial charge is 0.478 e. The topological polar surface area (TPSA) is 78.7 Å². The number of hydrogen-bond donors (Lipinski definition) is 1. The summed E-state index contributed by atoms with van der Waals surface area (Å²) in [5, 5.41) is 9.55. The number of aromatic carboxylic acids is 1. The molecule has 6 nitrogen and oxygen atoms in total. The molecule has 1 aromatic carbocycles. The number of anilines is 1. The molecule has 2 aliphatic heterocycles. The van der Waals surface area contributed by atoms with Crippen molar-refractivity contribution in [1.29, 1.82) is 0 Å². The summed E-state index contributed by atoms with van der Waals surface area (Å²) in [7, 11) is 0. The maximum absolute atomic E-state index is 11.7. The van der Waals surface area contributed by atoms with Crippen LogP contribution in [0.4, 0.5) is 5.69 Å². The monoisotopic (exact) mass is 292 g/mol. The highest BCUT2D eigenvalue weighted by molar-refractivity contribution is 6.12. The lowest BCUT2D eigenvalue weighted by atomic mass is 10.0. The van der Waals surface area contributed by atoms with Crippen LogP contribution in [0.15, 0.2) is 41.4 Å². The van der Waals surface area contributed by atoms with E-state index < -0.39 is 5.97 Å². The van der Waals surface area contributed by atoms with Gasteiger partial charge in [-0.15, -0.1) is 0 Å². The van der Waals surface area contributed by atoms with E-state index in [1.807, 2.05) is 24.0 Å². The van der Waals surface area contributed by atoms with Crippen molar-refractivity contribution in [2.24, 2.45) is 4.99 Å². The fraction of sp³-hybridized carbons (Fsp3) is 0.125.